The van der Waals surface area contributed by atoms with Crippen LogP contribution in [0, 0.1) is 22.7 Å². The van der Waals surface area contributed by atoms with E-state index in [1.54, 1.807) is 6.07 Å². The number of carbonyl (C=O) groups excluding carboxylic acids is 2. The van der Waals surface area contributed by atoms with E-state index < -0.39 is 58.7 Å². The van der Waals surface area contributed by atoms with Gasteiger partial charge in [-0.05, 0) is 52.4 Å². The van der Waals surface area contributed by atoms with E-state index in [1.165, 1.54) is 12.4 Å². The van der Waals surface area contributed by atoms with Gasteiger partial charge < -0.3 is 14.7 Å². The molecule has 2 fully saturated rings. The van der Waals surface area contributed by atoms with Crippen LogP contribution in [0.4, 0.5) is 13.2 Å². The van der Waals surface area contributed by atoms with Crippen LogP contribution in [0.2, 0.25) is 10.0 Å². The molecule has 232 valence electrons. The number of hydrogen-bond acceptors (Lipinski definition) is 7. The maximum Gasteiger partial charge on any atom is 0.433 e. The number of carboxylic acid groups (broad SMARTS) is 1. The predicted molar refractivity (Wildman–Crippen MR) is 148 cm³/mol. The smallest absolute Gasteiger partial charge is 0.433 e. The largest absolute Gasteiger partial charge is 0.480 e. The molecule has 0 spiro atoms. The van der Waals surface area contributed by atoms with Gasteiger partial charge in [-0.2, -0.15) is 23.5 Å². The maximum absolute atomic E-state index is 14.5. The number of nitriles is 1. The lowest BCUT2D eigenvalue weighted by molar-refractivity contribution is -0.150. The number of carbonyl (C=O) groups is 3. The van der Waals surface area contributed by atoms with Gasteiger partial charge in [0, 0.05) is 24.9 Å². The van der Waals surface area contributed by atoms with Crippen LogP contribution >= 0.6 is 23.2 Å². The summed E-state index contributed by atoms with van der Waals surface area (Å²) in [6.07, 6.45) is -1.00. The number of ketones is 1. The first-order valence-electron chi connectivity index (χ1n) is 13.6. The van der Waals surface area contributed by atoms with Crippen molar-refractivity contribution in [3.63, 3.8) is 0 Å². The number of halogens is 5. The van der Waals surface area contributed by atoms with Gasteiger partial charge in [-0.3, -0.25) is 24.0 Å². The molecule has 0 bridgehead atoms. The van der Waals surface area contributed by atoms with Crippen LogP contribution in [0.15, 0.2) is 18.6 Å². The second-order valence-corrected chi connectivity index (χ2v) is 12.5. The Kier molecular flexibility index (Phi) is 9.44. The molecule has 1 amide bonds. The average molecular weight is 644 g/mol. The van der Waals surface area contributed by atoms with Crippen molar-refractivity contribution in [2.75, 3.05) is 19.7 Å². The number of ether oxygens (including phenoxy) is 1. The summed E-state index contributed by atoms with van der Waals surface area (Å²) in [5, 5.41) is 22.7. The van der Waals surface area contributed by atoms with E-state index >= 15 is 0 Å². The molecule has 1 saturated carbocycles. The Bertz CT molecular complexity index is 1420. The summed E-state index contributed by atoms with van der Waals surface area (Å²) in [6.45, 7) is 3.37. The molecule has 2 aromatic heterocycles. The molecule has 1 aliphatic heterocycles. The number of pyridine rings is 1. The number of nitrogens with zero attached hydrogens (tertiary/aromatic N) is 5. The Balaban J connectivity index is 1.67. The van der Waals surface area contributed by atoms with Crippen LogP contribution in [0.5, 0.6) is 0 Å². The average Bonchev–Trinajstić information content (AvgIpc) is 3.39. The van der Waals surface area contributed by atoms with Crippen LogP contribution in [-0.4, -0.2) is 67.7 Å². The molecule has 1 N–H and O–H groups in total. The van der Waals surface area contributed by atoms with E-state index in [9.17, 15) is 37.9 Å². The van der Waals surface area contributed by atoms with Crippen molar-refractivity contribution < 1.29 is 37.4 Å². The minimum atomic E-state index is -5.01. The molecule has 0 radical (unpaired) electrons. The number of hydrogen-bond donors (Lipinski definition) is 1. The standard InChI is InChI=1S/C28H30Cl2F3N5O5/c1-26(2)6-3-16(14-43-26)12-37(13-21(39)22-19(29)10-35-11-20(22)30)24(40)18-9-36-38(23(18)28(31,32)33)17-4-7-27(15-34,8-5-17)25(41)42/h9-11,16-17H,3-8,12-14H2,1-2H3,(H,41,42). The highest BCUT2D eigenvalue weighted by Crippen LogP contribution is 2.43. The predicted octanol–water partition coefficient (Wildman–Crippen LogP) is 5.84. The van der Waals surface area contributed by atoms with Crippen LogP contribution in [0.25, 0.3) is 0 Å². The highest BCUT2D eigenvalue weighted by molar-refractivity contribution is 6.39. The van der Waals surface area contributed by atoms with Gasteiger partial charge in [-0.15, -0.1) is 0 Å². The molecule has 3 heterocycles. The van der Waals surface area contributed by atoms with Gasteiger partial charge in [0.25, 0.3) is 5.91 Å². The van der Waals surface area contributed by atoms with Crippen molar-refractivity contribution >= 4 is 40.9 Å². The Hall–Kier alpha value is -3.21. The van der Waals surface area contributed by atoms with Crippen molar-refractivity contribution in [2.45, 2.75) is 70.2 Å². The monoisotopic (exact) mass is 643 g/mol. The molecule has 2 aromatic rings. The summed E-state index contributed by atoms with van der Waals surface area (Å²) in [5.74, 6) is -3.33. The highest BCUT2D eigenvalue weighted by Gasteiger charge is 2.47. The number of Topliss-reactive ketones (excluding diaryl/α,β-unsaturated/α-hetero) is 1. The van der Waals surface area contributed by atoms with Crippen molar-refractivity contribution in [3.05, 3.63) is 45.5 Å². The molecule has 1 saturated heterocycles. The zero-order valence-corrected chi connectivity index (χ0v) is 25.0. The normalized spacial score (nSPS) is 23.8. The minimum absolute atomic E-state index is 0.0608. The second-order valence-electron chi connectivity index (χ2n) is 11.6. The molecule has 1 atom stereocenters. The topological polar surface area (TPSA) is 138 Å². The summed E-state index contributed by atoms with van der Waals surface area (Å²) in [6, 6.07) is 0.887. The first kappa shape index (κ1) is 32.7. The molecular formula is C28H30Cl2F3N5O5. The zero-order valence-electron chi connectivity index (χ0n) is 23.5. The van der Waals surface area contributed by atoms with Crippen LogP contribution in [-0.2, 0) is 15.7 Å². The first-order valence-corrected chi connectivity index (χ1v) is 14.4. The lowest BCUT2D eigenvalue weighted by atomic mass is 9.73. The van der Waals surface area contributed by atoms with E-state index in [2.05, 4.69) is 10.1 Å². The zero-order chi connectivity index (χ0) is 31.7. The fourth-order valence-corrected chi connectivity index (χ4v) is 6.19. The number of carboxylic acids is 1. The van der Waals surface area contributed by atoms with Crippen molar-refractivity contribution in [1.29, 1.82) is 5.26 Å². The van der Waals surface area contributed by atoms with Gasteiger partial charge in [0.15, 0.2) is 16.9 Å². The molecule has 1 aliphatic carbocycles. The van der Waals surface area contributed by atoms with Gasteiger partial charge in [-0.1, -0.05) is 23.2 Å². The van der Waals surface area contributed by atoms with Gasteiger partial charge in [0.2, 0.25) is 0 Å². The van der Waals surface area contributed by atoms with Crippen molar-refractivity contribution in [1.82, 2.24) is 19.7 Å². The fourth-order valence-electron chi connectivity index (χ4n) is 5.62. The van der Waals surface area contributed by atoms with Crippen molar-refractivity contribution in [2.24, 2.45) is 11.3 Å². The van der Waals surface area contributed by atoms with Crippen LogP contribution in [0.1, 0.15) is 84.8 Å². The number of rotatable bonds is 8. The lowest BCUT2D eigenvalue weighted by Crippen LogP contribution is -2.44. The summed E-state index contributed by atoms with van der Waals surface area (Å²) in [7, 11) is 0. The van der Waals surface area contributed by atoms with E-state index in [0.29, 0.717) is 17.5 Å². The third-order valence-corrected chi connectivity index (χ3v) is 8.74. The number of aromatic nitrogens is 3. The lowest BCUT2D eigenvalue weighted by Gasteiger charge is -2.37. The van der Waals surface area contributed by atoms with Gasteiger partial charge in [0.1, 0.15) is 0 Å². The number of aliphatic carboxylic acids is 1. The Labute approximate surface area is 255 Å². The fraction of sp³-hybridized carbons (Fsp3) is 0.571. The van der Waals surface area contributed by atoms with E-state index in [1.807, 2.05) is 13.8 Å². The highest BCUT2D eigenvalue weighted by atomic mass is 35.5. The molecule has 43 heavy (non-hydrogen) atoms. The molecule has 2 aliphatic rings. The quantitative estimate of drug-likeness (QED) is 0.354. The van der Waals surface area contributed by atoms with Gasteiger partial charge >= 0.3 is 12.1 Å². The van der Waals surface area contributed by atoms with E-state index in [0.717, 1.165) is 11.1 Å². The third-order valence-electron chi connectivity index (χ3n) is 8.17. The van der Waals surface area contributed by atoms with E-state index in [4.69, 9.17) is 27.9 Å². The molecule has 4 rings (SSSR count). The summed E-state index contributed by atoms with van der Waals surface area (Å²) in [4.78, 5) is 43.7. The van der Waals surface area contributed by atoms with Crippen molar-refractivity contribution in [3.8, 4) is 6.07 Å². The van der Waals surface area contributed by atoms with Gasteiger partial charge in [-0.25, -0.2) is 0 Å². The van der Waals surface area contributed by atoms with E-state index in [-0.39, 0.29) is 60.4 Å². The Morgan fingerprint density at radius 3 is 2.28 bits per heavy atom. The minimum Gasteiger partial charge on any atom is -0.480 e. The molecular weight excluding hydrogens is 614 g/mol. The molecule has 15 heteroatoms. The van der Waals surface area contributed by atoms with Crippen LogP contribution < -0.4 is 0 Å². The maximum atomic E-state index is 14.5. The van der Waals surface area contributed by atoms with Crippen LogP contribution in [0.3, 0.4) is 0 Å². The van der Waals surface area contributed by atoms with Gasteiger partial charge in [0.05, 0.1) is 58.2 Å². The molecule has 1 unspecified atom stereocenters. The SMILES string of the molecule is CC1(C)CCC(CN(CC(=O)c2c(Cl)cncc2Cl)C(=O)c2cnn(C3CCC(C#N)(C(=O)O)CC3)c2C(F)(F)F)CO1. The first-order chi connectivity index (χ1) is 20.1. The number of amides is 1. The summed E-state index contributed by atoms with van der Waals surface area (Å²) < 4.78 is 50.2. The second kappa shape index (κ2) is 12.4. The third kappa shape index (κ3) is 6.97. The Morgan fingerprint density at radius 1 is 1.14 bits per heavy atom. The Morgan fingerprint density at radius 2 is 1.77 bits per heavy atom. The molecule has 10 nitrogen and oxygen atoms in total. The molecule has 0 aromatic carbocycles. The summed E-state index contributed by atoms with van der Waals surface area (Å²) in [5.41, 5.74) is -4.25. The number of alkyl halides is 3. The summed E-state index contributed by atoms with van der Waals surface area (Å²) >= 11 is 12.3.